The van der Waals surface area contributed by atoms with Crippen molar-refractivity contribution in [3.63, 3.8) is 0 Å². The van der Waals surface area contributed by atoms with Crippen molar-refractivity contribution in [1.82, 2.24) is 9.97 Å². The Balaban J connectivity index is 2.40. The van der Waals surface area contributed by atoms with Crippen LogP contribution in [0.3, 0.4) is 0 Å². The van der Waals surface area contributed by atoms with E-state index in [1.54, 1.807) is 11.8 Å². The second-order valence-electron chi connectivity index (χ2n) is 4.89. The Morgan fingerprint density at radius 2 is 2.11 bits per heavy atom. The van der Waals surface area contributed by atoms with Gasteiger partial charge in [0, 0.05) is 17.8 Å². The molecule has 1 aromatic heterocycles. The highest BCUT2D eigenvalue weighted by Gasteiger charge is 2.30. The lowest BCUT2D eigenvalue weighted by Crippen LogP contribution is -2.38. The first kappa shape index (κ1) is 13.6. The molecule has 1 aromatic rings. The van der Waals surface area contributed by atoms with Gasteiger partial charge in [0.05, 0.1) is 12.1 Å². The topological polar surface area (TPSA) is 49.2 Å². The van der Waals surface area contributed by atoms with Gasteiger partial charge in [-0.2, -0.15) is 0 Å². The number of aliphatic hydroxyl groups excluding tert-OH is 1. The van der Waals surface area contributed by atoms with E-state index in [9.17, 15) is 5.11 Å². The molecule has 0 radical (unpaired) electrons. The number of thioether (sulfide) groups is 1. The van der Waals surface area contributed by atoms with Gasteiger partial charge in [0.2, 0.25) is 0 Å². The van der Waals surface area contributed by atoms with Gasteiger partial charge in [-0.15, -0.1) is 0 Å². The van der Waals surface area contributed by atoms with Crippen LogP contribution in [0, 0.1) is 13.8 Å². The zero-order chi connectivity index (χ0) is 13.3. The molecular formula is C13H21N3OS. The van der Waals surface area contributed by atoms with Crippen LogP contribution in [0.4, 0.5) is 5.82 Å². The summed E-state index contributed by atoms with van der Waals surface area (Å²) < 4.78 is 0. The SMILES string of the molecule is CSc1nc(C)c(C)c(N2CCC[C@H]2[C@H](C)O)n1. The van der Waals surface area contributed by atoms with Crippen molar-refractivity contribution in [3.8, 4) is 0 Å². The van der Waals surface area contributed by atoms with Gasteiger partial charge in [0.1, 0.15) is 5.82 Å². The van der Waals surface area contributed by atoms with Gasteiger partial charge >= 0.3 is 0 Å². The molecule has 0 saturated carbocycles. The summed E-state index contributed by atoms with van der Waals surface area (Å²) in [7, 11) is 0. The fourth-order valence-electron chi connectivity index (χ4n) is 2.52. The fourth-order valence-corrected chi connectivity index (χ4v) is 2.92. The van der Waals surface area contributed by atoms with Crippen molar-refractivity contribution >= 4 is 17.6 Å². The minimum atomic E-state index is -0.320. The third-order valence-corrected chi connectivity index (χ3v) is 4.20. The maximum Gasteiger partial charge on any atom is 0.189 e. The van der Waals surface area contributed by atoms with Crippen LogP contribution in [-0.4, -0.2) is 40.0 Å². The van der Waals surface area contributed by atoms with Crippen molar-refractivity contribution in [2.24, 2.45) is 0 Å². The molecule has 18 heavy (non-hydrogen) atoms. The molecule has 1 aliphatic rings. The average Bonchev–Trinajstić information content (AvgIpc) is 2.81. The first-order valence-corrected chi connectivity index (χ1v) is 7.61. The first-order chi connectivity index (χ1) is 8.54. The summed E-state index contributed by atoms with van der Waals surface area (Å²) in [5, 5.41) is 10.7. The number of aliphatic hydroxyl groups is 1. The molecule has 0 bridgehead atoms. The number of hydrogen-bond donors (Lipinski definition) is 1. The minimum absolute atomic E-state index is 0.188. The van der Waals surface area contributed by atoms with Gasteiger partial charge in [-0.05, 0) is 39.9 Å². The van der Waals surface area contributed by atoms with E-state index in [-0.39, 0.29) is 12.1 Å². The maximum atomic E-state index is 9.88. The monoisotopic (exact) mass is 267 g/mol. The standard InChI is InChI=1S/C13H21N3OS/c1-8-9(2)14-13(18-4)15-12(8)16-7-5-6-11(16)10(3)17/h10-11,17H,5-7H2,1-4H3/t10-,11-/m0/s1. The quantitative estimate of drug-likeness (QED) is 0.672. The first-order valence-electron chi connectivity index (χ1n) is 6.38. The molecule has 1 saturated heterocycles. The lowest BCUT2D eigenvalue weighted by Gasteiger charge is -2.29. The number of hydrogen-bond acceptors (Lipinski definition) is 5. The van der Waals surface area contributed by atoms with Gasteiger partial charge in [0.15, 0.2) is 5.16 Å². The second-order valence-corrected chi connectivity index (χ2v) is 5.66. The van der Waals surface area contributed by atoms with E-state index in [1.165, 1.54) is 0 Å². The number of aryl methyl sites for hydroxylation is 1. The van der Waals surface area contributed by atoms with Crippen molar-refractivity contribution in [3.05, 3.63) is 11.3 Å². The van der Waals surface area contributed by atoms with Crippen LogP contribution < -0.4 is 4.90 Å². The lowest BCUT2D eigenvalue weighted by atomic mass is 10.1. The molecule has 1 N–H and O–H groups in total. The van der Waals surface area contributed by atoms with Crippen LogP contribution in [0.15, 0.2) is 5.16 Å². The van der Waals surface area contributed by atoms with E-state index in [1.807, 2.05) is 20.1 Å². The Kier molecular flexibility index (Phi) is 4.12. The summed E-state index contributed by atoms with van der Waals surface area (Å²) in [4.78, 5) is 11.3. The Morgan fingerprint density at radius 3 is 2.72 bits per heavy atom. The Labute approximate surface area is 113 Å². The Morgan fingerprint density at radius 1 is 1.39 bits per heavy atom. The summed E-state index contributed by atoms with van der Waals surface area (Å²) >= 11 is 1.56. The van der Waals surface area contributed by atoms with Crippen LogP contribution in [0.1, 0.15) is 31.0 Å². The zero-order valence-electron chi connectivity index (χ0n) is 11.5. The highest BCUT2D eigenvalue weighted by Crippen LogP contribution is 2.30. The summed E-state index contributed by atoms with van der Waals surface area (Å²) in [5.41, 5.74) is 2.15. The molecule has 2 rings (SSSR count). The van der Waals surface area contributed by atoms with Gasteiger partial charge in [0.25, 0.3) is 0 Å². The van der Waals surface area contributed by atoms with E-state index in [0.717, 1.165) is 41.6 Å². The molecule has 2 atom stereocenters. The van der Waals surface area contributed by atoms with Crippen molar-refractivity contribution < 1.29 is 5.11 Å². The molecule has 1 aliphatic heterocycles. The summed E-state index contributed by atoms with van der Waals surface area (Å²) in [6.07, 6.45) is 3.82. The largest absolute Gasteiger partial charge is 0.391 e. The van der Waals surface area contributed by atoms with Crippen molar-refractivity contribution in [1.29, 1.82) is 0 Å². The normalized spacial score (nSPS) is 21.4. The summed E-state index contributed by atoms with van der Waals surface area (Å²) in [5.74, 6) is 0.996. The second kappa shape index (κ2) is 5.45. The third-order valence-electron chi connectivity index (χ3n) is 3.65. The predicted molar refractivity (Wildman–Crippen MR) is 75.3 cm³/mol. The smallest absolute Gasteiger partial charge is 0.189 e. The van der Waals surface area contributed by atoms with E-state index in [4.69, 9.17) is 0 Å². The van der Waals surface area contributed by atoms with Gasteiger partial charge in [-0.3, -0.25) is 0 Å². The Bertz CT molecular complexity index is 436. The zero-order valence-corrected chi connectivity index (χ0v) is 12.3. The van der Waals surface area contributed by atoms with Gasteiger partial charge in [-0.25, -0.2) is 9.97 Å². The van der Waals surface area contributed by atoms with E-state index >= 15 is 0 Å². The molecule has 0 amide bonds. The number of anilines is 1. The lowest BCUT2D eigenvalue weighted by molar-refractivity contribution is 0.164. The maximum absolute atomic E-state index is 9.88. The molecule has 0 aromatic carbocycles. The van der Waals surface area contributed by atoms with E-state index < -0.39 is 0 Å². The molecule has 5 heteroatoms. The van der Waals surface area contributed by atoms with E-state index in [2.05, 4.69) is 21.8 Å². The number of rotatable bonds is 3. The van der Waals surface area contributed by atoms with Gasteiger partial charge in [-0.1, -0.05) is 11.8 Å². The van der Waals surface area contributed by atoms with Gasteiger partial charge < -0.3 is 10.0 Å². The fraction of sp³-hybridized carbons (Fsp3) is 0.692. The highest BCUT2D eigenvalue weighted by molar-refractivity contribution is 7.98. The molecule has 1 fully saturated rings. The Hall–Kier alpha value is -0.810. The summed E-state index contributed by atoms with van der Waals surface area (Å²) in [6, 6.07) is 0.188. The minimum Gasteiger partial charge on any atom is -0.391 e. The van der Waals surface area contributed by atoms with Crippen molar-refractivity contribution in [2.45, 2.75) is 50.9 Å². The predicted octanol–water partition coefficient (Wildman–Crippen LogP) is 2.16. The molecule has 100 valence electrons. The number of aromatic nitrogens is 2. The van der Waals surface area contributed by atoms with Crippen LogP contribution >= 0.6 is 11.8 Å². The average molecular weight is 267 g/mol. The molecule has 0 aliphatic carbocycles. The third kappa shape index (κ3) is 2.47. The van der Waals surface area contributed by atoms with Crippen LogP contribution in [0.2, 0.25) is 0 Å². The molecule has 4 nitrogen and oxygen atoms in total. The van der Waals surface area contributed by atoms with Crippen LogP contribution in [0.25, 0.3) is 0 Å². The van der Waals surface area contributed by atoms with E-state index in [0.29, 0.717) is 0 Å². The number of nitrogens with zero attached hydrogens (tertiary/aromatic N) is 3. The van der Waals surface area contributed by atoms with Crippen molar-refractivity contribution in [2.75, 3.05) is 17.7 Å². The molecular weight excluding hydrogens is 246 g/mol. The molecule has 0 spiro atoms. The van der Waals surface area contributed by atoms with Crippen LogP contribution in [0.5, 0.6) is 0 Å². The summed E-state index contributed by atoms with van der Waals surface area (Å²) in [6.45, 7) is 6.92. The van der Waals surface area contributed by atoms with Crippen LogP contribution in [-0.2, 0) is 0 Å². The molecule has 0 unspecified atom stereocenters. The highest BCUT2D eigenvalue weighted by atomic mass is 32.2. The molecule has 2 heterocycles.